The largest absolute Gasteiger partial charge is 0.464 e. The predicted molar refractivity (Wildman–Crippen MR) is 120 cm³/mol. The number of carbonyl (C=O) groups is 1. The molecule has 0 radical (unpaired) electrons. The van der Waals surface area contributed by atoms with Crippen LogP contribution >= 0.6 is 11.6 Å². The number of esters is 1. The number of ether oxygens (including phenoxy) is 1. The van der Waals surface area contributed by atoms with E-state index in [0.717, 1.165) is 28.0 Å². The lowest BCUT2D eigenvalue weighted by Crippen LogP contribution is -2.05. The molecule has 0 saturated carbocycles. The van der Waals surface area contributed by atoms with Crippen molar-refractivity contribution in [3.05, 3.63) is 93.9 Å². The zero-order valence-corrected chi connectivity index (χ0v) is 17.4. The van der Waals surface area contributed by atoms with Crippen molar-refractivity contribution in [1.29, 1.82) is 0 Å². The normalized spacial score (nSPS) is 11.3. The van der Waals surface area contributed by atoms with Crippen molar-refractivity contribution >= 4 is 40.9 Å². The van der Waals surface area contributed by atoms with Crippen molar-refractivity contribution in [1.82, 2.24) is 14.5 Å². The SMILES string of the molecule is COC(=O)c1ccc2c(n1)nc(C)n2Cc1ccc(/C=C/c2ccccc2)cc1Cl. The maximum Gasteiger partial charge on any atom is 0.356 e. The average molecular weight is 418 g/mol. The average Bonchev–Trinajstić information content (AvgIpc) is 3.08. The molecule has 2 aromatic heterocycles. The van der Waals surface area contributed by atoms with Crippen LogP contribution in [0.4, 0.5) is 0 Å². The zero-order chi connectivity index (χ0) is 21.1. The number of hydrogen-bond donors (Lipinski definition) is 0. The molecule has 0 fully saturated rings. The fourth-order valence-electron chi connectivity index (χ4n) is 3.26. The number of rotatable bonds is 5. The summed E-state index contributed by atoms with van der Waals surface area (Å²) < 4.78 is 6.77. The smallest absolute Gasteiger partial charge is 0.356 e. The molecule has 0 aliphatic carbocycles. The van der Waals surface area contributed by atoms with Gasteiger partial charge < -0.3 is 9.30 Å². The minimum atomic E-state index is -0.480. The van der Waals surface area contributed by atoms with Crippen LogP contribution < -0.4 is 0 Å². The van der Waals surface area contributed by atoms with Crippen molar-refractivity contribution in [2.45, 2.75) is 13.5 Å². The van der Waals surface area contributed by atoms with E-state index in [-0.39, 0.29) is 5.69 Å². The van der Waals surface area contributed by atoms with Crippen molar-refractivity contribution in [2.24, 2.45) is 0 Å². The summed E-state index contributed by atoms with van der Waals surface area (Å²) >= 11 is 6.57. The van der Waals surface area contributed by atoms with E-state index in [4.69, 9.17) is 16.3 Å². The van der Waals surface area contributed by atoms with Gasteiger partial charge in [-0.25, -0.2) is 14.8 Å². The van der Waals surface area contributed by atoms with Gasteiger partial charge in [-0.1, -0.05) is 66.2 Å². The molecule has 0 aliphatic heterocycles. The lowest BCUT2D eigenvalue weighted by Gasteiger charge is -2.10. The number of aryl methyl sites for hydroxylation is 1. The van der Waals surface area contributed by atoms with Gasteiger partial charge in [0.15, 0.2) is 11.3 Å². The standard InChI is InChI=1S/C24H20ClN3O2/c1-16-26-23-22(13-12-21(27-23)24(29)30-2)28(16)15-19-11-10-18(14-20(19)25)9-8-17-6-4-3-5-7-17/h3-14H,15H2,1-2H3/b9-8+. The van der Waals surface area contributed by atoms with Crippen LogP contribution in [0.2, 0.25) is 5.02 Å². The van der Waals surface area contributed by atoms with E-state index in [2.05, 4.69) is 28.2 Å². The number of imidazole rings is 1. The molecule has 4 aromatic rings. The number of fused-ring (bicyclic) bond motifs is 1. The van der Waals surface area contributed by atoms with Gasteiger partial charge in [0.1, 0.15) is 5.82 Å². The van der Waals surface area contributed by atoms with Crippen LogP contribution in [0, 0.1) is 6.92 Å². The molecule has 0 amide bonds. The quantitative estimate of drug-likeness (QED) is 0.322. The number of methoxy groups -OCH3 is 1. The first-order valence-corrected chi connectivity index (χ1v) is 9.86. The van der Waals surface area contributed by atoms with Gasteiger partial charge in [-0.15, -0.1) is 0 Å². The Balaban J connectivity index is 1.60. The summed E-state index contributed by atoms with van der Waals surface area (Å²) in [6.45, 7) is 2.47. The number of aromatic nitrogens is 3. The minimum absolute atomic E-state index is 0.238. The molecule has 30 heavy (non-hydrogen) atoms. The summed E-state index contributed by atoms with van der Waals surface area (Å²) in [6, 6.07) is 19.6. The number of carbonyl (C=O) groups excluding carboxylic acids is 1. The summed E-state index contributed by atoms with van der Waals surface area (Å²) in [6.07, 6.45) is 4.10. The summed E-state index contributed by atoms with van der Waals surface area (Å²) in [4.78, 5) is 20.5. The van der Waals surface area contributed by atoms with Gasteiger partial charge in [-0.05, 0) is 41.8 Å². The molecule has 0 saturated heterocycles. The third-order valence-electron chi connectivity index (χ3n) is 4.87. The predicted octanol–water partition coefficient (Wildman–Crippen LogP) is 5.40. The second-order valence-electron chi connectivity index (χ2n) is 6.87. The Kier molecular flexibility index (Phi) is 5.63. The van der Waals surface area contributed by atoms with Crippen molar-refractivity contribution in [3.63, 3.8) is 0 Å². The molecule has 0 unspecified atom stereocenters. The fraction of sp³-hybridized carbons (Fsp3) is 0.125. The minimum Gasteiger partial charge on any atom is -0.464 e. The number of benzene rings is 2. The van der Waals surface area contributed by atoms with E-state index in [1.165, 1.54) is 7.11 Å². The second-order valence-corrected chi connectivity index (χ2v) is 7.28. The van der Waals surface area contributed by atoms with E-state index in [0.29, 0.717) is 17.2 Å². The highest BCUT2D eigenvalue weighted by Crippen LogP contribution is 2.23. The molecule has 2 aromatic carbocycles. The van der Waals surface area contributed by atoms with E-state index in [9.17, 15) is 4.79 Å². The first-order chi connectivity index (χ1) is 14.5. The third-order valence-corrected chi connectivity index (χ3v) is 5.22. The molecule has 5 nitrogen and oxygen atoms in total. The molecular formula is C24H20ClN3O2. The topological polar surface area (TPSA) is 57.0 Å². The fourth-order valence-corrected chi connectivity index (χ4v) is 3.51. The first kappa shape index (κ1) is 19.9. The van der Waals surface area contributed by atoms with Gasteiger partial charge in [0.25, 0.3) is 0 Å². The molecule has 2 heterocycles. The molecule has 150 valence electrons. The Morgan fingerprint density at radius 1 is 1.03 bits per heavy atom. The van der Waals surface area contributed by atoms with E-state index < -0.39 is 5.97 Å². The maximum atomic E-state index is 11.7. The Morgan fingerprint density at radius 3 is 2.53 bits per heavy atom. The van der Waals surface area contributed by atoms with E-state index in [1.54, 1.807) is 6.07 Å². The van der Waals surface area contributed by atoms with Crippen LogP contribution in [0.15, 0.2) is 60.7 Å². The number of nitrogens with zero attached hydrogens (tertiary/aromatic N) is 3. The molecule has 0 bridgehead atoms. The van der Waals surface area contributed by atoms with Gasteiger partial charge in [0.2, 0.25) is 0 Å². The van der Waals surface area contributed by atoms with Crippen molar-refractivity contribution in [3.8, 4) is 0 Å². The molecule has 0 N–H and O–H groups in total. The number of hydrogen-bond acceptors (Lipinski definition) is 4. The van der Waals surface area contributed by atoms with E-state index in [1.807, 2.05) is 60.0 Å². The van der Waals surface area contributed by atoms with Crippen molar-refractivity contribution < 1.29 is 9.53 Å². The summed E-state index contributed by atoms with van der Waals surface area (Å²) in [5.41, 5.74) is 4.73. The zero-order valence-electron chi connectivity index (χ0n) is 16.7. The molecular weight excluding hydrogens is 398 g/mol. The summed E-state index contributed by atoms with van der Waals surface area (Å²) in [5, 5.41) is 0.686. The Labute approximate surface area is 179 Å². The van der Waals surface area contributed by atoms with Gasteiger partial charge in [-0.3, -0.25) is 0 Å². The lowest BCUT2D eigenvalue weighted by molar-refractivity contribution is 0.0594. The number of pyridine rings is 1. The summed E-state index contributed by atoms with van der Waals surface area (Å²) in [7, 11) is 1.33. The van der Waals surface area contributed by atoms with Gasteiger partial charge >= 0.3 is 5.97 Å². The highest BCUT2D eigenvalue weighted by molar-refractivity contribution is 6.31. The highest BCUT2D eigenvalue weighted by Gasteiger charge is 2.14. The number of halogens is 1. The molecule has 0 atom stereocenters. The highest BCUT2D eigenvalue weighted by atomic mass is 35.5. The second kappa shape index (κ2) is 8.51. The first-order valence-electron chi connectivity index (χ1n) is 9.49. The summed E-state index contributed by atoms with van der Waals surface area (Å²) in [5.74, 6) is 0.315. The van der Waals surface area contributed by atoms with Crippen LogP contribution in [-0.2, 0) is 11.3 Å². The van der Waals surface area contributed by atoms with Crippen LogP contribution in [0.1, 0.15) is 33.0 Å². The molecule has 0 spiro atoms. The van der Waals surface area contributed by atoms with Crippen LogP contribution in [0.25, 0.3) is 23.3 Å². The monoisotopic (exact) mass is 417 g/mol. The molecule has 0 aliphatic rings. The lowest BCUT2D eigenvalue weighted by atomic mass is 10.1. The van der Waals surface area contributed by atoms with Crippen LogP contribution in [0.5, 0.6) is 0 Å². The van der Waals surface area contributed by atoms with Crippen LogP contribution in [0.3, 0.4) is 0 Å². The Morgan fingerprint density at radius 2 is 1.80 bits per heavy atom. The Bertz CT molecular complexity index is 1250. The maximum absolute atomic E-state index is 11.7. The Hall–Kier alpha value is -3.44. The van der Waals surface area contributed by atoms with Crippen LogP contribution in [-0.4, -0.2) is 27.6 Å². The van der Waals surface area contributed by atoms with Crippen molar-refractivity contribution in [2.75, 3.05) is 7.11 Å². The van der Waals surface area contributed by atoms with Gasteiger partial charge in [0, 0.05) is 5.02 Å². The third kappa shape index (κ3) is 4.11. The van der Waals surface area contributed by atoms with E-state index >= 15 is 0 Å². The molecule has 4 rings (SSSR count). The van der Waals surface area contributed by atoms with Gasteiger partial charge in [0.05, 0.1) is 19.2 Å². The molecule has 6 heteroatoms. The van der Waals surface area contributed by atoms with Gasteiger partial charge in [-0.2, -0.15) is 0 Å².